The van der Waals surface area contributed by atoms with Crippen LogP contribution >= 0.6 is 0 Å². The summed E-state index contributed by atoms with van der Waals surface area (Å²) in [4.78, 5) is 4.16. The number of aliphatic hydroxyl groups excluding tert-OH is 1. The number of ether oxygens (including phenoxy) is 1. The van der Waals surface area contributed by atoms with Crippen LogP contribution in [0.5, 0.6) is 5.75 Å². The summed E-state index contributed by atoms with van der Waals surface area (Å²) >= 11 is 0. The van der Waals surface area contributed by atoms with Crippen molar-refractivity contribution in [2.45, 2.75) is 12.7 Å². The van der Waals surface area contributed by atoms with Crippen molar-refractivity contribution in [1.82, 2.24) is 4.98 Å². The van der Waals surface area contributed by atoms with Crippen LogP contribution in [-0.2, 0) is 6.61 Å². The minimum Gasteiger partial charge on any atom is -0.487 e. The Balaban J connectivity index is 2.18. The molecule has 2 heterocycles. The lowest BCUT2D eigenvalue weighted by atomic mass is 10.0. The van der Waals surface area contributed by atoms with Gasteiger partial charge in [0.15, 0.2) is 0 Å². The van der Waals surface area contributed by atoms with Gasteiger partial charge >= 0.3 is 0 Å². The van der Waals surface area contributed by atoms with E-state index in [1.807, 2.05) is 0 Å². The Morgan fingerprint density at radius 2 is 2.18 bits per heavy atom. The van der Waals surface area contributed by atoms with Crippen LogP contribution in [0, 0.1) is 5.82 Å². The number of nitrogens with zero attached hydrogens (tertiary/aromatic N) is 1. The Labute approximate surface area is 97.5 Å². The lowest BCUT2D eigenvalue weighted by Gasteiger charge is -2.12. The van der Waals surface area contributed by atoms with Gasteiger partial charge < -0.3 is 9.84 Å². The average molecular weight is 231 g/mol. The van der Waals surface area contributed by atoms with E-state index < -0.39 is 11.9 Å². The van der Waals surface area contributed by atoms with Crippen LogP contribution in [0.1, 0.15) is 22.9 Å². The Bertz CT molecular complexity index is 571. The van der Waals surface area contributed by atoms with Crippen LogP contribution in [0.25, 0.3) is 0 Å². The molecule has 1 aromatic carbocycles. The Kier molecular flexibility index (Phi) is 2.30. The van der Waals surface area contributed by atoms with Crippen molar-refractivity contribution in [1.29, 1.82) is 0 Å². The summed E-state index contributed by atoms with van der Waals surface area (Å²) < 4.78 is 18.7. The van der Waals surface area contributed by atoms with E-state index in [4.69, 9.17) is 4.74 Å². The number of aliphatic hydroxyl groups is 1. The van der Waals surface area contributed by atoms with Gasteiger partial charge in [0, 0.05) is 17.3 Å². The fourth-order valence-corrected chi connectivity index (χ4v) is 2.00. The van der Waals surface area contributed by atoms with E-state index in [0.717, 1.165) is 0 Å². The number of rotatable bonds is 0. The molecule has 1 aromatic heterocycles. The van der Waals surface area contributed by atoms with Crippen LogP contribution in [0.2, 0.25) is 0 Å². The summed E-state index contributed by atoms with van der Waals surface area (Å²) in [6.45, 7) is 0.284. The molecule has 0 aliphatic carbocycles. The molecule has 1 aliphatic rings. The van der Waals surface area contributed by atoms with Crippen molar-refractivity contribution in [2.75, 3.05) is 0 Å². The maximum Gasteiger partial charge on any atom is 0.131 e. The predicted molar refractivity (Wildman–Crippen MR) is 59.0 cm³/mol. The molecular weight excluding hydrogens is 221 g/mol. The molecule has 17 heavy (non-hydrogen) atoms. The maximum absolute atomic E-state index is 13.2. The van der Waals surface area contributed by atoms with Gasteiger partial charge in [-0.15, -0.1) is 0 Å². The first-order valence-corrected chi connectivity index (χ1v) is 5.30. The zero-order chi connectivity index (χ0) is 11.8. The van der Waals surface area contributed by atoms with Crippen LogP contribution in [-0.4, -0.2) is 10.1 Å². The number of hydrogen-bond donors (Lipinski definition) is 1. The van der Waals surface area contributed by atoms with Gasteiger partial charge in [0.05, 0.1) is 5.69 Å². The van der Waals surface area contributed by atoms with E-state index in [-0.39, 0.29) is 6.61 Å². The van der Waals surface area contributed by atoms with Crippen LogP contribution in [0.4, 0.5) is 4.39 Å². The second-order valence-electron chi connectivity index (χ2n) is 3.91. The van der Waals surface area contributed by atoms with E-state index in [9.17, 15) is 9.50 Å². The summed E-state index contributed by atoms with van der Waals surface area (Å²) in [6.07, 6.45) is 0.748. The number of benzene rings is 1. The molecule has 0 fully saturated rings. The lowest BCUT2D eigenvalue weighted by molar-refractivity contribution is 0.217. The largest absolute Gasteiger partial charge is 0.487 e. The highest BCUT2D eigenvalue weighted by Gasteiger charge is 2.23. The molecular formula is C13H10FNO2. The number of aromatic nitrogens is 1. The van der Waals surface area contributed by atoms with Gasteiger partial charge in [0.2, 0.25) is 0 Å². The first kappa shape index (κ1) is 10.2. The summed E-state index contributed by atoms with van der Waals surface area (Å²) in [5.41, 5.74) is 1.78. The first-order chi connectivity index (χ1) is 8.25. The van der Waals surface area contributed by atoms with Gasteiger partial charge in [-0.1, -0.05) is 6.07 Å². The molecule has 1 aliphatic heterocycles. The van der Waals surface area contributed by atoms with Crippen molar-refractivity contribution in [3.8, 4) is 5.75 Å². The Hall–Kier alpha value is -1.94. The summed E-state index contributed by atoms with van der Waals surface area (Å²) in [5.74, 6) is 0.107. The van der Waals surface area contributed by atoms with Crippen LogP contribution in [0.15, 0.2) is 36.5 Å². The fraction of sp³-hybridized carbons (Fsp3) is 0.154. The lowest BCUT2D eigenvalue weighted by Crippen LogP contribution is -2.02. The predicted octanol–water partition coefficient (Wildman–Crippen LogP) is 2.19. The molecule has 1 atom stereocenters. The molecule has 0 bridgehead atoms. The molecule has 0 radical (unpaired) electrons. The third-order valence-electron chi connectivity index (χ3n) is 2.85. The van der Waals surface area contributed by atoms with Gasteiger partial charge in [-0.25, -0.2) is 4.39 Å². The topological polar surface area (TPSA) is 42.4 Å². The molecule has 1 N–H and O–H groups in total. The summed E-state index contributed by atoms with van der Waals surface area (Å²) in [5, 5.41) is 10.2. The van der Waals surface area contributed by atoms with Gasteiger partial charge in [0.1, 0.15) is 24.3 Å². The van der Waals surface area contributed by atoms with Crippen molar-refractivity contribution in [3.63, 3.8) is 0 Å². The zero-order valence-electron chi connectivity index (χ0n) is 8.93. The van der Waals surface area contributed by atoms with Gasteiger partial charge in [-0.3, -0.25) is 4.98 Å². The smallest absolute Gasteiger partial charge is 0.131 e. The third-order valence-corrected chi connectivity index (χ3v) is 2.85. The maximum atomic E-state index is 13.2. The van der Waals surface area contributed by atoms with E-state index >= 15 is 0 Å². The molecule has 0 unspecified atom stereocenters. The van der Waals surface area contributed by atoms with Crippen molar-refractivity contribution >= 4 is 0 Å². The van der Waals surface area contributed by atoms with Crippen LogP contribution in [0.3, 0.4) is 0 Å². The number of halogens is 1. The quantitative estimate of drug-likeness (QED) is 0.755. The Morgan fingerprint density at radius 1 is 1.29 bits per heavy atom. The minimum absolute atomic E-state index is 0.284. The summed E-state index contributed by atoms with van der Waals surface area (Å²) in [7, 11) is 0. The molecule has 0 amide bonds. The fourth-order valence-electron chi connectivity index (χ4n) is 2.00. The molecule has 3 nitrogen and oxygen atoms in total. The number of pyridine rings is 1. The summed E-state index contributed by atoms with van der Waals surface area (Å²) in [6, 6.07) is 7.65. The third kappa shape index (κ3) is 1.66. The molecule has 2 aromatic rings. The van der Waals surface area contributed by atoms with E-state index in [0.29, 0.717) is 22.6 Å². The highest BCUT2D eigenvalue weighted by Crippen LogP contribution is 2.35. The number of fused-ring (bicyclic) bond motifs is 2. The minimum atomic E-state index is -0.896. The molecule has 86 valence electrons. The van der Waals surface area contributed by atoms with Gasteiger partial charge in [0.25, 0.3) is 0 Å². The zero-order valence-corrected chi connectivity index (χ0v) is 8.93. The van der Waals surface area contributed by atoms with Crippen molar-refractivity contribution in [3.05, 3.63) is 59.2 Å². The average Bonchev–Trinajstić information content (AvgIpc) is 2.49. The highest BCUT2D eigenvalue weighted by atomic mass is 19.1. The van der Waals surface area contributed by atoms with Crippen LogP contribution < -0.4 is 4.74 Å². The normalized spacial score (nSPS) is 17.6. The second-order valence-corrected chi connectivity index (χ2v) is 3.91. The Morgan fingerprint density at radius 3 is 3.06 bits per heavy atom. The molecule has 0 spiro atoms. The molecule has 4 heteroatoms. The second kappa shape index (κ2) is 3.82. The van der Waals surface area contributed by atoms with E-state index in [2.05, 4.69) is 4.98 Å². The molecule has 0 saturated heterocycles. The molecule has 3 rings (SSSR count). The van der Waals surface area contributed by atoms with Crippen molar-refractivity contribution in [2.24, 2.45) is 0 Å². The van der Waals surface area contributed by atoms with E-state index in [1.165, 1.54) is 18.2 Å². The highest BCUT2D eigenvalue weighted by molar-refractivity contribution is 5.43. The molecule has 0 saturated carbocycles. The van der Waals surface area contributed by atoms with E-state index in [1.54, 1.807) is 18.3 Å². The SMILES string of the molecule is O[C@@H]1c2cc(F)ccc2OCc2ncccc21. The number of hydrogen-bond acceptors (Lipinski definition) is 3. The first-order valence-electron chi connectivity index (χ1n) is 5.30. The van der Waals surface area contributed by atoms with Gasteiger partial charge in [-0.05, 0) is 24.3 Å². The standard InChI is InChI=1S/C13H10FNO2/c14-8-3-4-12-10(6-8)13(16)9-2-1-5-15-11(9)7-17-12/h1-6,13,16H,7H2/t13-/m0/s1. The van der Waals surface area contributed by atoms with Crippen molar-refractivity contribution < 1.29 is 14.2 Å². The monoisotopic (exact) mass is 231 g/mol. The van der Waals surface area contributed by atoms with Gasteiger partial charge in [-0.2, -0.15) is 0 Å².